The van der Waals surface area contributed by atoms with Crippen LogP contribution in [0.3, 0.4) is 0 Å². The molecule has 1 aromatic rings. The number of aryl methyl sites for hydroxylation is 1. The first-order chi connectivity index (χ1) is 6.84. The Morgan fingerprint density at radius 3 is 2.60 bits per heavy atom. The lowest BCUT2D eigenvalue weighted by Crippen LogP contribution is -2.42. The van der Waals surface area contributed by atoms with Gasteiger partial charge in [0.25, 0.3) is 5.56 Å². The minimum atomic E-state index is -1.93. The van der Waals surface area contributed by atoms with E-state index in [1.165, 1.54) is 10.6 Å². The maximum atomic E-state index is 11.4. The summed E-state index contributed by atoms with van der Waals surface area (Å²) in [7, 11) is 0. The lowest BCUT2D eigenvalue weighted by atomic mass is 10.1. The highest BCUT2D eigenvalue weighted by atomic mass is 16.4. The normalized spacial score (nSPS) is 14.6. The predicted octanol–water partition coefficient (Wildman–Crippen LogP) is -0.00768. The summed E-state index contributed by atoms with van der Waals surface area (Å²) < 4.78 is 1.23. The topological polar surface area (TPSA) is 79.5 Å². The van der Waals surface area contributed by atoms with Crippen molar-refractivity contribution < 1.29 is 15.0 Å². The zero-order valence-electron chi connectivity index (χ0n) is 8.60. The van der Waals surface area contributed by atoms with Gasteiger partial charge >= 0.3 is 5.97 Å². The van der Waals surface area contributed by atoms with E-state index in [0.29, 0.717) is 5.69 Å². The molecule has 0 aliphatic carbocycles. The summed E-state index contributed by atoms with van der Waals surface area (Å²) in [5.74, 6) is -1.35. The summed E-state index contributed by atoms with van der Waals surface area (Å²) >= 11 is 0. The Morgan fingerprint density at radius 1 is 1.53 bits per heavy atom. The van der Waals surface area contributed by atoms with Crippen molar-refractivity contribution in [2.24, 2.45) is 0 Å². The Morgan fingerprint density at radius 2 is 2.13 bits per heavy atom. The second-order valence-corrected chi connectivity index (χ2v) is 3.67. The summed E-state index contributed by atoms with van der Waals surface area (Å²) in [5.41, 5.74) is -1.64. The third-order valence-electron chi connectivity index (χ3n) is 2.19. The Hall–Kier alpha value is -1.62. The highest BCUT2D eigenvalue weighted by Crippen LogP contribution is 2.07. The number of aliphatic hydroxyl groups is 1. The molecule has 0 fully saturated rings. The third-order valence-corrected chi connectivity index (χ3v) is 2.19. The molecule has 5 heteroatoms. The maximum absolute atomic E-state index is 11.4. The van der Waals surface area contributed by atoms with Gasteiger partial charge in [-0.2, -0.15) is 0 Å². The van der Waals surface area contributed by atoms with Crippen LogP contribution >= 0.6 is 0 Å². The average Bonchev–Trinajstić information content (AvgIpc) is 2.11. The van der Waals surface area contributed by atoms with Gasteiger partial charge in [-0.3, -0.25) is 4.79 Å². The fraction of sp³-hybridized carbons (Fsp3) is 0.400. The molecule has 0 aliphatic heterocycles. The number of aromatic nitrogens is 1. The van der Waals surface area contributed by atoms with Crippen molar-refractivity contribution in [3.05, 3.63) is 34.2 Å². The van der Waals surface area contributed by atoms with Crippen LogP contribution in [0.4, 0.5) is 0 Å². The summed E-state index contributed by atoms with van der Waals surface area (Å²) in [6, 6.07) is 4.59. The van der Waals surface area contributed by atoms with Crippen molar-refractivity contribution in [2.75, 3.05) is 0 Å². The largest absolute Gasteiger partial charge is 0.479 e. The number of nitrogens with zero attached hydrogens (tertiary/aromatic N) is 1. The summed E-state index contributed by atoms with van der Waals surface area (Å²) in [6.07, 6.45) is 0. The van der Waals surface area contributed by atoms with E-state index in [1.807, 2.05) is 0 Å². The van der Waals surface area contributed by atoms with Crippen LogP contribution in [0.2, 0.25) is 0 Å². The van der Waals surface area contributed by atoms with Gasteiger partial charge in [0.05, 0.1) is 6.54 Å². The molecule has 0 aliphatic rings. The average molecular weight is 211 g/mol. The Bertz CT molecular complexity index is 433. The monoisotopic (exact) mass is 211 g/mol. The fourth-order valence-electron chi connectivity index (χ4n) is 1.20. The molecule has 5 nitrogen and oxygen atoms in total. The predicted molar refractivity (Wildman–Crippen MR) is 53.7 cm³/mol. The molecule has 82 valence electrons. The molecule has 2 N–H and O–H groups in total. The van der Waals surface area contributed by atoms with Crippen LogP contribution < -0.4 is 5.56 Å². The van der Waals surface area contributed by atoms with Crippen molar-refractivity contribution in [3.63, 3.8) is 0 Å². The number of carbonyl (C=O) groups is 1. The van der Waals surface area contributed by atoms with Crippen molar-refractivity contribution in [2.45, 2.75) is 26.0 Å². The van der Waals surface area contributed by atoms with Gasteiger partial charge in [0, 0.05) is 11.8 Å². The summed E-state index contributed by atoms with van der Waals surface area (Å²) in [4.78, 5) is 22.1. The molecule has 0 spiro atoms. The summed E-state index contributed by atoms with van der Waals surface area (Å²) in [6.45, 7) is 2.58. The molecular formula is C10H13NO4. The maximum Gasteiger partial charge on any atom is 0.337 e. The number of hydrogen-bond donors (Lipinski definition) is 2. The third kappa shape index (κ3) is 2.44. The highest BCUT2D eigenvalue weighted by Gasteiger charge is 2.30. The fourth-order valence-corrected chi connectivity index (χ4v) is 1.20. The first-order valence-corrected chi connectivity index (χ1v) is 4.47. The van der Waals surface area contributed by atoms with Gasteiger partial charge in [-0.25, -0.2) is 4.79 Å². The highest BCUT2D eigenvalue weighted by molar-refractivity contribution is 5.76. The molecule has 1 atom stereocenters. The lowest BCUT2D eigenvalue weighted by molar-refractivity contribution is -0.158. The number of pyridine rings is 1. The molecule has 1 heterocycles. The first-order valence-electron chi connectivity index (χ1n) is 4.47. The van der Waals surface area contributed by atoms with Gasteiger partial charge in [-0.05, 0) is 19.9 Å². The van der Waals surface area contributed by atoms with Gasteiger partial charge in [0.2, 0.25) is 0 Å². The van der Waals surface area contributed by atoms with E-state index in [9.17, 15) is 14.7 Å². The SMILES string of the molecule is Cc1cccc(=O)n1C[C@](C)(O)C(=O)O. The van der Waals surface area contributed by atoms with Crippen LogP contribution in [0, 0.1) is 6.92 Å². The Kier molecular flexibility index (Phi) is 2.95. The minimum absolute atomic E-state index is 0.256. The van der Waals surface area contributed by atoms with Crippen LogP contribution in [0.25, 0.3) is 0 Å². The van der Waals surface area contributed by atoms with Crippen LogP contribution in [0.15, 0.2) is 23.0 Å². The van der Waals surface area contributed by atoms with Crippen LogP contribution in [-0.2, 0) is 11.3 Å². The molecule has 0 bridgehead atoms. The van der Waals surface area contributed by atoms with E-state index in [0.717, 1.165) is 6.92 Å². The molecule has 0 unspecified atom stereocenters. The number of carboxylic acids is 1. The number of carboxylic acid groups (broad SMARTS) is 1. The molecule has 1 rings (SSSR count). The van der Waals surface area contributed by atoms with Crippen molar-refractivity contribution in [1.29, 1.82) is 0 Å². The Labute approximate surface area is 86.6 Å². The number of rotatable bonds is 3. The van der Waals surface area contributed by atoms with Gasteiger partial charge in [0.1, 0.15) is 0 Å². The second-order valence-electron chi connectivity index (χ2n) is 3.67. The number of hydrogen-bond acceptors (Lipinski definition) is 3. The van der Waals surface area contributed by atoms with E-state index in [2.05, 4.69) is 0 Å². The second kappa shape index (κ2) is 3.86. The van der Waals surface area contributed by atoms with Gasteiger partial charge < -0.3 is 14.8 Å². The van der Waals surface area contributed by atoms with E-state index in [-0.39, 0.29) is 12.1 Å². The van der Waals surface area contributed by atoms with Crippen LogP contribution in [0.5, 0.6) is 0 Å². The van der Waals surface area contributed by atoms with E-state index < -0.39 is 11.6 Å². The Balaban J connectivity index is 3.10. The summed E-state index contributed by atoms with van der Waals surface area (Å²) in [5, 5.41) is 18.3. The first kappa shape index (κ1) is 11.5. The molecule has 0 radical (unpaired) electrons. The van der Waals surface area contributed by atoms with E-state index in [1.54, 1.807) is 19.1 Å². The quantitative estimate of drug-likeness (QED) is 0.737. The zero-order chi connectivity index (χ0) is 11.6. The molecule has 1 aromatic heterocycles. The van der Waals surface area contributed by atoms with Crippen molar-refractivity contribution in [3.8, 4) is 0 Å². The van der Waals surface area contributed by atoms with Crippen molar-refractivity contribution in [1.82, 2.24) is 4.57 Å². The zero-order valence-corrected chi connectivity index (χ0v) is 8.60. The molecule has 15 heavy (non-hydrogen) atoms. The molecule has 0 saturated heterocycles. The lowest BCUT2D eigenvalue weighted by Gasteiger charge is -2.20. The standard InChI is InChI=1S/C10H13NO4/c1-7-4-3-5-8(12)11(7)6-10(2,15)9(13)14/h3-5,15H,6H2,1-2H3,(H,13,14)/t10-/m0/s1. The molecular weight excluding hydrogens is 198 g/mol. The van der Waals surface area contributed by atoms with Crippen LogP contribution in [0.1, 0.15) is 12.6 Å². The smallest absolute Gasteiger partial charge is 0.337 e. The van der Waals surface area contributed by atoms with Gasteiger partial charge in [-0.1, -0.05) is 6.07 Å². The van der Waals surface area contributed by atoms with Gasteiger partial charge in [0.15, 0.2) is 5.60 Å². The molecule has 0 amide bonds. The van der Waals surface area contributed by atoms with Gasteiger partial charge in [-0.15, -0.1) is 0 Å². The minimum Gasteiger partial charge on any atom is -0.479 e. The molecule has 0 aromatic carbocycles. The van der Waals surface area contributed by atoms with Crippen LogP contribution in [-0.4, -0.2) is 26.4 Å². The molecule has 0 saturated carbocycles. The van der Waals surface area contributed by atoms with E-state index in [4.69, 9.17) is 5.11 Å². The van der Waals surface area contributed by atoms with Crippen molar-refractivity contribution >= 4 is 5.97 Å². The van der Waals surface area contributed by atoms with E-state index >= 15 is 0 Å². The number of aliphatic carboxylic acids is 1.